The van der Waals surface area contributed by atoms with E-state index < -0.39 is 66.1 Å². The maximum atomic E-state index is 13.9. The fourth-order valence-electron chi connectivity index (χ4n) is 5.69. The number of hydrogen-bond donors (Lipinski definition) is 10. The van der Waals surface area contributed by atoms with Crippen LogP contribution < -0.4 is 38.5 Å². The molecule has 2 heterocycles. The number of para-hydroxylation sites is 2. The summed E-state index contributed by atoms with van der Waals surface area (Å²) in [5, 5.41) is 21.4. The highest BCUT2D eigenvalue weighted by molar-refractivity contribution is 5.97. The quantitative estimate of drug-likeness (QED) is 0.0359. The normalized spacial score (nSPS) is 13.4. The van der Waals surface area contributed by atoms with E-state index in [4.69, 9.17) is 17.2 Å². The number of aromatic amines is 2. The number of nitrogens with zero attached hydrogens (tertiary/aromatic N) is 1. The van der Waals surface area contributed by atoms with Gasteiger partial charge in [0.15, 0.2) is 5.96 Å². The Morgan fingerprint density at radius 3 is 1.73 bits per heavy atom. The number of carboxylic acids is 1. The number of H-pyrrole nitrogens is 2. The highest BCUT2D eigenvalue weighted by atomic mass is 16.4. The predicted octanol–water partition coefficient (Wildman–Crippen LogP) is -0.593. The van der Waals surface area contributed by atoms with Crippen LogP contribution in [0, 0.1) is 0 Å². The van der Waals surface area contributed by atoms with Crippen molar-refractivity contribution < 1.29 is 33.9 Å². The molecule has 2 aromatic carbocycles. The SMILES string of the molecule is CC(=O)N[C@@H](CCCN=C(N)N)C(=O)N[C@@H](Cc1c[nH]c2ccccc12)C(=O)N[C@@H](CC(=O)O)C(=O)N[C@@H](Cc1c[nH]c2ccccc12)C(N)=O. The molecule has 5 amide bonds. The summed E-state index contributed by atoms with van der Waals surface area (Å²) in [4.78, 5) is 87.3. The van der Waals surface area contributed by atoms with E-state index in [9.17, 15) is 33.9 Å². The zero-order valence-electron chi connectivity index (χ0n) is 27.9. The molecule has 0 aliphatic heterocycles. The van der Waals surface area contributed by atoms with Gasteiger partial charge in [0, 0.05) is 60.5 Å². The van der Waals surface area contributed by atoms with Gasteiger partial charge in [-0.2, -0.15) is 0 Å². The third-order valence-electron chi connectivity index (χ3n) is 8.14. The number of nitrogens with one attached hydrogen (secondary N) is 6. The van der Waals surface area contributed by atoms with E-state index in [2.05, 4.69) is 36.2 Å². The van der Waals surface area contributed by atoms with Crippen LogP contribution in [-0.4, -0.2) is 87.3 Å². The molecule has 0 aliphatic rings. The molecule has 17 heteroatoms. The summed E-state index contributed by atoms with van der Waals surface area (Å²) < 4.78 is 0. The highest BCUT2D eigenvalue weighted by Crippen LogP contribution is 2.21. The second kappa shape index (κ2) is 17.3. The lowest BCUT2D eigenvalue weighted by molar-refractivity contribution is -0.141. The van der Waals surface area contributed by atoms with Gasteiger partial charge >= 0.3 is 5.97 Å². The van der Waals surface area contributed by atoms with Crippen LogP contribution in [0.3, 0.4) is 0 Å². The van der Waals surface area contributed by atoms with Crippen molar-refractivity contribution in [1.29, 1.82) is 0 Å². The number of aromatic nitrogens is 2. The van der Waals surface area contributed by atoms with Crippen LogP contribution in [0.15, 0.2) is 65.9 Å². The van der Waals surface area contributed by atoms with Crippen LogP contribution in [0.2, 0.25) is 0 Å². The van der Waals surface area contributed by atoms with Crippen molar-refractivity contribution in [3.8, 4) is 0 Å². The van der Waals surface area contributed by atoms with Gasteiger partial charge in [-0.3, -0.25) is 33.8 Å². The number of carboxylic acid groups (broad SMARTS) is 1. The fraction of sp³-hybridized carbons (Fsp3) is 0.324. The summed E-state index contributed by atoms with van der Waals surface area (Å²) in [6, 6.07) is 9.26. The smallest absolute Gasteiger partial charge is 0.305 e. The summed E-state index contributed by atoms with van der Waals surface area (Å²) in [5.74, 6) is -5.47. The van der Waals surface area contributed by atoms with Gasteiger partial charge in [0.05, 0.1) is 6.42 Å². The second-order valence-electron chi connectivity index (χ2n) is 12.0. The number of rotatable bonds is 18. The summed E-state index contributed by atoms with van der Waals surface area (Å²) in [7, 11) is 0. The lowest BCUT2D eigenvalue weighted by Gasteiger charge is -2.25. The maximum absolute atomic E-state index is 13.9. The Balaban J connectivity index is 1.57. The van der Waals surface area contributed by atoms with Gasteiger partial charge in [0.1, 0.15) is 24.2 Å². The Kier molecular flexibility index (Phi) is 12.7. The minimum Gasteiger partial charge on any atom is -0.481 e. The minimum absolute atomic E-state index is 0.00814. The zero-order chi connectivity index (χ0) is 37.1. The van der Waals surface area contributed by atoms with Crippen molar-refractivity contribution in [2.24, 2.45) is 22.2 Å². The van der Waals surface area contributed by atoms with Crippen LogP contribution >= 0.6 is 0 Å². The van der Waals surface area contributed by atoms with Crippen molar-refractivity contribution >= 4 is 63.3 Å². The number of aliphatic imine (C=N–C) groups is 1. The Morgan fingerprint density at radius 2 is 1.20 bits per heavy atom. The van der Waals surface area contributed by atoms with Crippen LogP contribution in [0.1, 0.15) is 37.3 Å². The van der Waals surface area contributed by atoms with Crippen LogP contribution in [0.5, 0.6) is 0 Å². The molecule has 0 unspecified atom stereocenters. The average molecular weight is 703 g/mol. The molecule has 0 bridgehead atoms. The molecule has 17 nitrogen and oxygen atoms in total. The van der Waals surface area contributed by atoms with Crippen molar-refractivity contribution in [1.82, 2.24) is 31.2 Å². The number of amides is 5. The molecule has 4 atom stereocenters. The summed E-state index contributed by atoms with van der Waals surface area (Å²) in [6.07, 6.45) is 2.86. The van der Waals surface area contributed by atoms with E-state index >= 15 is 0 Å². The molecule has 0 fully saturated rings. The van der Waals surface area contributed by atoms with Gasteiger partial charge in [0.2, 0.25) is 29.5 Å². The molecule has 270 valence electrons. The third kappa shape index (κ3) is 10.5. The number of hydrogen-bond acceptors (Lipinski definition) is 7. The maximum Gasteiger partial charge on any atom is 0.305 e. The van der Waals surface area contributed by atoms with Crippen molar-refractivity contribution in [2.75, 3.05) is 6.54 Å². The van der Waals surface area contributed by atoms with Gasteiger partial charge in [-0.25, -0.2) is 0 Å². The first kappa shape index (κ1) is 37.4. The summed E-state index contributed by atoms with van der Waals surface area (Å²) >= 11 is 0. The number of primary amides is 1. The molecule has 0 aliphatic carbocycles. The van der Waals surface area contributed by atoms with Gasteiger partial charge in [-0.05, 0) is 36.1 Å². The molecule has 13 N–H and O–H groups in total. The van der Waals surface area contributed by atoms with Crippen LogP contribution in [0.25, 0.3) is 21.8 Å². The van der Waals surface area contributed by atoms with Crippen LogP contribution in [0.4, 0.5) is 0 Å². The second-order valence-corrected chi connectivity index (χ2v) is 12.0. The molecule has 4 rings (SSSR count). The van der Waals surface area contributed by atoms with E-state index in [0.29, 0.717) is 17.5 Å². The number of guanidine groups is 1. The van der Waals surface area contributed by atoms with Crippen LogP contribution in [-0.2, 0) is 41.6 Å². The highest BCUT2D eigenvalue weighted by Gasteiger charge is 2.32. The van der Waals surface area contributed by atoms with E-state index in [1.165, 1.54) is 6.92 Å². The fourth-order valence-corrected chi connectivity index (χ4v) is 5.69. The molecule has 2 aromatic heterocycles. The van der Waals surface area contributed by atoms with Crippen molar-refractivity contribution in [2.45, 2.75) is 63.2 Å². The van der Waals surface area contributed by atoms with Crippen molar-refractivity contribution in [3.63, 3.8) is 0 Å². The lowest BCUT2D eigenvalue weighted by Crippen LogP contribution is -2.59. The van der Waals surface area contributed by atoms with E-state index in [0.717, 1.165) is 21.8 Å². The first-order chi connectivity index (χ1) is 24.3. The Labute approximate surface area is 292 Å². The molecule has 0 saturated carbocycles. The number of carbonyl (C=O) groups excluding carboxylic acids is 5. The molecule has 0 radical (unpaired) electrons. The molecule has 4 aromatic rings. The Bertz CT molecular complexity index is 1930. The number of benzene rings is 2. The third-order valence-corrected chi connectivity index (χ3v) is 8.14. The molecular formula is C34H42N10O7. The molecule has 0 saturated heterocycles. The number of nitrogens with two attached hydrogens (primary N) is 3. The monoisotopic (exact) mass is 702 g/mol. The summed E-state index contributed by atoms with van der Waals surface area (Å²) in [6.45, 7) is 1.42. The van der Waals surface area contributed by atoms with Gasteiger partial charge in [-0.1, -0.05) is 36.4 Å². The van der Waals surface area contributed by atoms with Gasteiger partial charge < -0.3 is 53.5 Å². The lowest BCUT2D eigenvalue weighted by atomic mass is 10.0. The summed E-state index contributed by atoms with van der Waals surface area (Å²) in [5.41, 5.74) is 19.3. The first-order valence-electron chi connectivity index (χ1n) is 16.2. The number of carbonyl (C=O) groups is 6. The molecular weight excluding hydrogens is 660 g/mol. The zero-order valence-corrected chi connectivity index (χ0v) is 27.9. The standard InChI is InChI=1S/C34H42N10O7/c1-18(45)41-25(11-6-12-38-34(36)37)31(49)43-27(14-20-17-40-24-10-5-3-8-22(20)24)32(50)44-28(15-29(46)47)33(51)42-26(30(35)48)13-19-16-39-23-9-4-2-7-21(19)23/h2-5,7-10,16-17,25-28,39-40H,6,11-15H2,1H3,(H2,35,48)(H,41,45)(H,42,51)(H,43,49)(H,44,50)(H,46,47)(H4,36,37,38)/t25-,26-,27-,28-/m0/s1. The van der Waals surface area contributed by atoms with E-state index in [1.54, 1.807) is 18.5 Å². The number of aliphatic carboxylic acids is 1. The Morgan fingerprint density at radius 1 is 0.706 bits per heavy atom. The van der Waals surface area contributed by atoms with Gasteiger partial charge in [-0.15, -0.1) is 0 Å². The van der Waals surface area contributed by atoms with Gasteiger partial charge in [0.25, 0.3) is 0 Å². The molecule has 51 heavy (non-hydrogen) atoms. The molecule has 0 spiro atoms. The Hall–Kier alpha value is -6.39. The minimum atomic E-state index is -1.66. The van der Waals surface area contributed by atoms with E-state index in [-0.39, 0.29) is 31.8 Å². The topological polar surface area (TPSA) is 293 Å². The van der Waals surface area contributed by atoms with Crippen molar-refractivity contribution in [3.05, 3.63) is 72.1 Å². The van der Waals surface area contributed by atoms with E-state index in [1.807, 2.05) is 42.5 Å². The largest absolute Gasteiger partial charge is 0.481 e. The number of fused-ring (bicyclic) bond motifs is 2. The average Bonchev–Trinajstić information content (AvgIpc) is 3.68. The predicted molar refractivity (Wildman–Crippen MR) is 189 cm³/mol. The first-order valence-corrected chi connectivity index (χ1v) is 16.2.